The molecular formula is C48H30N8. The lowest BCUT2D eigenvalue weighted by Crippen LogP contribution is -1.99. The summed E-state index contributed by atoms with van der Waals surface area (Å²) in [5.74, 6) is 0. The summed E-state index contributed by atoms with van der Waals surface area (Å²) in [6.07, 6.45) is 9.16. The van der Waals surface area contributed by atoms with Gasteiger partial charge in [-0.3, -0.25) is 24.9 Å². The third kappa shape index (κ3) is 5.23. The van der Waals surface area contributed by atoms with Crippen molar-refractivity contribution >= 4 is 44.0 Å². The summed E-state index contributed by atoms with van der Waals surface area (Å²) in [6, 6.07) is 51.9. The molecule has 8 nitrogen and oxygen atoms in total. The lowest BCUT2D eigenvalue weighted by molar-refractivity contribution is 1.15. The van der Waals surface area contributed by atoms with E-state index in [4.69, 9.17) is 29.9 Å². The van der Waals surface area contributed by atoms with E-state index in [-0.39, 0.29) is 0 Å². The minimum atomic E-state index is 0.829. The number of pyridine rings is 6. The van der Waals surface area contributed by atoms with Crippen molar-refractivity contribution in [1.82, 2.24) is 39.0 Å². The van der Waals surface area contributed by atoms with E-state index >= 15 is 0 Å². The zero-order chi connectivity index (χ0) is 37.0. The molecule has 8 aromatic heterocycles. The fourth-order valence-corrected chi connectivity index (χ4v) is 7.86. The van der Waals surface area contributed by atoms with Gasteiger partial charge in [0.15, 0.2) is 0 Å². The molecule has 0 aliphatic rings. The Hall–Kier alpha value is -7.84. The lowest BCUT2D eigenvalue weighted by atomic mass is 10.0. The van der Waals surface area contributed by atoms with Gasteiger partial charge in [-0.05, 0) is 109 Å². The number of hydrogen-bond donors (Lipinski definition) is 0. The minimum Gasteiger partial charge on any atom is -0.307 e. The van der Waals surface area contributed by atoms with Crippen molar-refractivity contribution in [1.29, 1.82) is 0 Å². The van der Waals surface area contributed by atoms with Crippen LogP contribution >= 0.6 is 0 Å². The maximum atomic E-state index is 5.50. The first-order valence-electron chi connectivity index (χ1n) is 18.4. The maximum Gasteiger partial charge on any atom is 0.116 e. The summed E-state index contributed by atoms with van der Waals surface area (Å²) < 4.78 is 4.59. The summed E-state index contributed by atoms with van der Waals surface area (Å²) in [5.41, 5.74) is 15.9. The molecule has 0 unspecified atom stereocenters. The largest absolute Gasteiger partial charge is 0.307 e. The fraction of sp³-hybridized carbons (Fsp3) is 0. The van der Waals surface area contributed by atoms with Gasteiger partial charge in [-0.2, -0.15) is 0 Å². The monoisotopic (exact) mass is 718 g/mol. The van der Waals surface area contributed by atoms with Crippen LogP contribution in [0, 0.1) is 0 Å². The Bertz CT molecular complexity index is 2900. The van der Waals surface area contributed by atoms with Crippen molar-refractivity contribution in [3.63, 3.8) is 0 Å². The molecule has 8 heterocycles. The van der Waals surface area contributed by atoms with Crippen LogP contribution in [0.4, 0.5) is 0 Å². The maximum absolute atomic E-state index is 5.50. The molecule has 0 N–H and O–H groups in total. The molecule has 56 heavy (non-hydrogen) atoms. The second-order valence-corrected chi connectivity index (χ2v) is 13.7. The second kappa shape index (κ2) is 12.9. The van der Waals surface area contributed by atoms with E-state index < -0.39 is 0 Å². The molecule has 0 aliphatic heterocycles. The van der Waals surface area contributed by atoms with Crippen LogP contribution in [0.5, 0.6) is 0 Å². The van der Waals surface area contributed by atoms with Gasteiger partial charge in [0.05, 0.1) is 50.4 Å². The third-order valence-corrected chi connectivity index (χ3v) is 10.3. The molecule has 11 rings (SSSR count). The van der Waals surface area contributed by atoms with E-state index in [9.17, 15) is 0 Å². The van der Waals surface area contributed by atoms with E-state index in [0.717, 1.165) is 100 Å². The van der Waals surface area contributed by atoms with Crippen molar-refractivity contribution in [2.75, 3.05) is 0 Å². The number of rotatable bonds is 6. The quantitative estimate of drug-likeness (QED) is 0.170. The van der Waals surface area contributed by atoms with Gasteiger partial charge in [0.1, 0.15) is 11.0 Å². The summed E-state index contributed by atoms with van der Waals surface area (Å²) in [4.78, 5) is 29.4. The van der Waals surface area contributed by atoms with Gasteiger partial charge in [-0.25, -0.2) is 4.98 Å². The highest BCUT2D eigenvalue weighted by Gasteiger charge is 2.22. The molecule has 3 aromatic carbocycles. The van der Waals surface area contributed by atoms with Crippen LogP contribution in [0.25, 0.3) is 100 Å². The number of aromatic nitrogens is 8. The predicted molar refractivity (Wildman–Crippen MR) is 224 cm³/mol. The van der Waals surface area contributed by atoms with Crippen LogP contribution in [0.1, 0.15) is 0 Å². The second-order valence-electron chi connectivity index (χ2n) is 13.7. The highest BCUT2D eigenvalue weighted by Crippen LogP contribution is 2.40. The molecular weight excluding hydrogens is 689 g/mol. The number of nitrogens with zero attached hydrogens (tertiary/aromatic N) is 8. The van der Waals surface area contributed by atoms with Crippen LogP contribution in [-0.2, 0) is 0 Å². The Labute approximate surface area is 321 Å². The first kappa shape index (κ1) is 31.7. The van der Waals surface area contributed by atoms with Gasteiger partial charge in [0.2, 0.25) is 0 Å². The standard InChI is InChI=1S/C48H30N8/c1-2-17-42-37(12-1)46-44(55(42)35-26-31(38-13-3-7-19-49-38)24-32(27-35)39-14-4-8-20-50-39)30-45-48(54-46)47-43(18-11-23-53-47)56(45)36-28-33(40-15-5-9-21-51-40)25-34(29-36)41-16-6-10-22-52-41/h1-30H. The third-order valence-electron chi connectivity index (χ3n) is 10.3. The normalized spacial score (nSPS) is 11.6. The van der Waals surface area contributed by atoms with Crippen LogP contribution in [0.2, 0.25) is 0 Å². The summed E-state index contributed by atoms with van der Waals surface area (Å²) in [5, 5.41) is 1.05. The molecule has 262 valence electrons. The molecule has 0 radical (unpaired) electrons. The Kier molecular flexibility index (Phi) is 7.31. The Morgan fingerprint density at radius 1 is 0.304 bits per heavy atom. The average molecular weight is 719 g/mol. The Balaban J connectivity index is 1.23. The van der Waals surface area contributed by atoms with Crippen LogP contribution < -0.4 is 0 Å². The number of para-hydroxylation sites is 1. The predicted octanol–water partition coefficient (Wildman–Crippen LogP) is 10.9. The minimum absolute atomic E-state index is 0.829. The van der Waals surface area contributed by atoms with Gasteiger partial charge < -0.3 is 9.13 Å². The SMILES string of the molecule is c1ccc(-c2cc(-c3ccccn3)cc(-n3c4ccccc4c4nc5c6ncccc6n(-c6cc(-c7ccccn7)cc(-c7ccccn7)c6)c5cc43)c2)nc1. The van der Waals surface area contributed by atoms with E-state index in [0.29, 0.717) is 0 Å². The molecule has 0 saturated carbocycles. The van der Waals surface area contributed by atoms with Crippen molar-refractivity contribution in [3.8, 4) is 56.4 Å². The molecule has 0 atom stereocenters. The number of fused-ring (bicyclic) bond motifs is 6. The molecule has 8 heteroatoms. The average Bonchev–Trinajstić information content (AvgIpc) is 3.78. The number of benzene rings is 3. The van der Waals surface area contributed by atoms with Gasteiger partial charge in [0.25, 0.3) is 0 Å². The zero-order valence-electron chi connectivity index (χ0n) is 29.9. The molecule has 0 amide bonds. The van der Waals surface area contributed by atoms with E-state index in [1.165, 1.54) is 0 Å². The van der Waals surface area contributed by atoms with Gasteiger partial charge in [0, 0.05) is 70.0 Å². The van der Waals surface area contributed by atoms with Crippen LogP contribution in [-0.4, -0.2) is 39.0 Å². The summed E-state index contributed by atoms with van der Waals surface area (Å²) >= 11 is 0. The smallest absolute Gasteiger partial charge is 0.116 e. The van der Waals surface area contributed by atoms with E-state index in [1.54, 1.807) is 0 Å². The van der Waals surface area contributed by atoms with Gasteiger partial charge >= 0.3 is 0 Å². The highest BCUT2D eigenvalue weighted by atomic mass is 15.0. The molecule has 0 spiro atoms. The van der Waals surface area contributed by atoms with Crippen molar-refractivity contribution in [2.45, 2.75) is 0 Å². The van der Waals surface area contributed by atoms with Crippen molar-refractivity contribution in [2.24, 2.45) is 0 Å². The van der Waals surface area contributed by atoms with E-state index in [2.05, 4.69) is 81.9 Å². The van der Waals surface area contributed by atoms with E-state index in [1.807, 2.05) is 110 Å². The first-order valence-corrected chi connectivity index (χ1v) is 18.4. The number of hydrogen-bond acceptors (Lipinski definition) is 6. The summed E-state index contributed by atoms with van der Waals surface area (Å²) in [6.45, 7) is 0. The Morgan fingerprint density at radius 3 is 1.23 bits per heavy atom. The van der Waals surface area contributed by atoms with Gasteiger partial charge in [-0.1, -0.05) is 42.5 Å². The topological polar surface area (TPSA) is 87.2 Å². The highest BCUT2D eigenvalue weighted by molar-refractivity contribution is 6.14. The fourth-order valence-electron chi connectivity index (χ4n) is 7.86. The Morgan fingerprint density at radius 2 is 0.732 bits per heavy atom. The first-order chi connectivity index (χ1) is 27.8. The van der Waals surface area contributed by atoms with Crippen LogP contribution in [0.15, 0.2) is 183 Å². The van der Waals surface area contributed by atoms with Crippen molar-refractivity contribution < 1.29 is 0 Å². The molecule has 0 bridgehead atoms. The summed E-state index contributed by atoms with van der Waals surface area (Å²) in [7, 11) is 0. The van der Waals surface area contributed by atoms with Crippen molar-refractivity contribution in [3.05, 3.63) is 183 Å². The molecule has 0 saturated heterocycles. The molecule has 0 fully saturated rings. The van der Waals surface area contributed by atoms with Crippen LogP contribution in [0.3, 0.4) is 0 Å². The van der Waals surface area contributed by atoms with Gasteiger partial charge in [-0.15, -0.1) is 0 Å². The zero-order valence-corrected chi connectivity index (χ0v) is 29.9. The molecule has 11 aromatic rings. The molecule has 0 aliphatic carbocycles. The lowest BCUT2D eigenvalue weighted by Gasteiger charge is -2.14.